The number of carbonyl (C=O) groups excluding carboxylic acids is 1. The molecular formula is C20H24N2O4. The summed E-state index contributed by atoms with van der Waals surface area (Å²) in [5, 5.41) is 0. The monoisotopic (exact) mass is 356 g/mol. The lowest BCUT2D eigenvalue weighted by molar-refractivity contribution is -0.188. The van der Waals surface area contributed by atoms with Gasteiger partial charge in [0.2, 0.25) is 0 Å². The van der Waals surface area contributed by atoms with E-state index in [1.54, 1.807) is 12.3 Å². The average Bonchev–Trinajstić information content (AvgIpc) is 3.03. The molecular weight excluding hydrogens is 332 g/mol. The standard InChI is InChI=1S/C20H24N2O4/c1-14-4-3-5-16(21-14)11-25-17-6-9-26-20(10-17)12-22(13-20)19(23)18-7-8-24-15(18)2/h3-5,7-8,17H,6,9-13H2,1-2H3/t17-/m1/s1. The molecule has 4 heterocycles. The number of ether oxygens (including phenoxy) is 2. The Kier molecular flexibility index (Phi) is 4.54. The first kappa shape index (κ1) is 17.2. The Labute approximate surface area is 153 Å². The molecule has 2 aliphatic rings. The highest BCUT2D eigenvalue weighted by molar-refractivity contribution is 5.95. The number of likely N-dealkylation sites (tertiary alicyclic amines) is 1. The van der Waals surface area contributed by atoms with E-state index >= 15 is 0 Å². The van der Waals surface area contributed by atoms with Gasteiger partial charge >= 0.3 is 0 Å². The van der Waals surface area contributed by atoms with E-state index in [9.17, 15) is 4.79 Å². The highest BCUT2D eigenvalue weighted by Crippen LogP contribution is 2.36. The van der Waals surface area contributed by atoms with E-state index < -0.39 is 0 Å². The number of aromatic nitrogens is 1. The van der Waals surface area contributed by atoms with Gasteiger partial charge in [-0.1, -0.05) is 6.07 Å². The summed E-state index contributed by atoms with van der Waals surface area (Å²) in [7, 11) is 0. The molecule has 2 aromatic rings. The summed E-state index contributed by atoms with van der Waals surface area (Å²) >= 11 is 0. The highest BCUT2D eigenvalue weighted by atomic mass is 16.5. The van der Waals surface area contributed by atoms with Crippen molar-refractivity contribution in [2.45, 2.75) is 45.0 Å². The van der Waals surface area contributed by atoms with Crippen LogP contribution in [0.25, 0.3) is 0 Å². The van der Waals surface area contributed by atoms with Crippen LogP contribution in [-0.4, -0.2) is 47.2 Å². The Morgan fingerprint density at radius 1 is 1.35 bits per heavy atom. The van der Waals surface area contributed by atoms with Gasteiger partial charge in [-0.05, 0) is 38.5 Å². The second-order valence-corrected chi connectivity index (χ2v) is 7.28. The maximum Gasteiger partial charge on any atom is 0.257 e. The third kappa shape index (κ3) is 3.39. The van der Waals surface area contributed by atoms with Crippen molar-refractivity contribution in [3.8, 4) is 0 Å². The molecule has 1 amide bonds. The Hall–Kier alpha value is -2.18. The lowest BCUT2D eigenvalue weighted by Gasteiger charge is -2.52. The summed E-state index contributed by atoms with van der Waals surface area (Å²) in [5.41, 5.74) is 2.31. The topological polar surface area (TPSA) is 64.8 Å². The van der Waals surface area contributed by atoms with Crippen molar-refractivity contribution in [2.24, 2.45) is 0 Å². The number of hydrogen-bond donors (Lipinski definition) is 0. The zero-order valence-corrected chi connectivity index (χ0v) is 15.2. The van der Waals surface area contributed by atoms with Gasteiger partial charge in [-0.15, -0.1) is 0 Å². The van der Waals surface area contributed by atoms with Gasteiger partial charge in [0.15, 0.2) is 0 Å². The van der Waals surface area contributed by atoms with Gasteiger partial charge in [0.05, 0.1) is 43.3 Å². The summed E-state index contributed by atoms with van der Waals surface area (Å²) in [6.45, 7) is 6.19. The Bertz CT molecular complexity index is 795. The average molecular weight is 356 g/mol. The first-order valence-electron chi connectivity index (χ1n) is 9.06. The van der Waals surface area contributed by atoms with Gasteiger partial charge in [-0.3, -0.25) is 9.78 Å². The van der Waals surface area contributed by atoms with E-state index in [2.05, 4.69) is 4.98 Å². The van der Waals surface area contributed by atoms with E-state index in [0.717, 1.165) is 24.2 Å². The number of amides is 1. The molecule has 2 saturated heterocycles. The quantitative estimate of drug-likeness (QED) is 0.843. The van der Waals surface area contributed by atoms with Crippen LogP contribution in [0.3, 0.4) is 0 Å². The van der Waals surface area contributed by atoms with Crippen LogP contribution >= 0.6 is 0 Å². The molecule has 0 unspecified atom stereocenters. The first-order chi connectivity index (χ1) is 12.5. The van der Waals surface area contributed by atoms with Crippen molar-refractivity contribution in [3.05, 3.63) is 53.2 Å². The molecule has 0 saturated carbocycles. The van der Waals surface area contributed by atoms with Crippen molar-refractivity contribution in [1.82, 2.24) is 9.88 Å². The smallest absolute Gasteiger partial charge is 0.257 e. The number of aryl methyl sites for hydroxylation is 2. The predicted octanol–water partition coefficient (Wildman–Crippen LogP) is 2.88. The fraction of sp³-hybridized carbons (Fsp3) is 0.500. The molecule has 0 aliphatic carbocycles. The third-order valence-electron chi connectivity index (χ3n) is 5.20. The van der Waals surface area contributed by atoms with Crippen LogP contribution in [0, 0.1) is 13.8 Å². The van der Waals surface area contributed by atoms with Gasteiger partial charge in [0.1, 0.15) is 11.4 Å². The number of rotatable bonds is 4. The zero-order chi connectivity index (χ0) is 18.1. The van der Waals surface area contributed by atoms with Crippen LogP contribution in [-0.2, 0) is 16.1 Å². The maximum atomic E-state index is 12.5. The summed E-state index contributed by atoms with van der Waals surface area (Å²) in [5.74, 6) is 0.671. The lowest BCUT2D eigenvalue weighted by Crippen LogP contribution is -2.67. The molecule has 1 spiro atoms. The third-order valence-corrected chi connectivity index (χ3v) is 5.20. The fourth-order valence-corrected chi connectivity index (χ4v) is 3.80. The van der Waals surface area contributed by atoms with Crippen molar-refractivity contribution in [1.29, 1.82) is 0 Å². The fourth-order valence-electron chi connectivity index (χ4n) is 3.80. The molecule has 26 heavy (non-hydrogen) atoms. The number of pyridine rings is 1. The van der Waals surface area contributed by atoms with E-state index in [1.165, 1.54) is 0 Å². The van der Waals surface area contributed by atoms with Gasteiger partial charge in [0, 0.05) is 18.7 Å². The molecule has 4 rings (SSSR count). The number of furan rings is 1. The largest absolute Gasteiger partial charge is 0.469 e. The first-order valence-corrected chi connectivity index (χ1v) is 9.06. The molecule has 0 aromatic carbocycles. The normalized spacial score (nSPS) is 21.6. The molecule has 2 fully saturated rings. The van der Waals surface area contributed by atoms with E-state index in [4.69, 9.17) is 13.9 Å². The van der Waals surface area contributed by atoms with Crippen molar-refractivity contribution in [2.75, 3.05) is 19.7 Å². The van der Waals surface area contributed by atoms with Crippen LogP contribution in [0.4, 0.5) is 0 Å². The molecule has 138 valence electrons. The minimum Gasteiger partial charge on any atom is -0.469 e. The highest BCUT2D eigenvalue weighted by Gasteiger charge is 2.50. The molecule has 0 radical (unpaired) electrons. The maximum absolute atomic E-state index is 12.5. The zero-order valence-electron chi connectivity index (χ0n) is 15.2. The SMILES string of the molecule is Cc1cccc(CO[C@@H]2CCOC3(C2)CN(C(=O)c2ccoc2C)C3)n1. The number of nitrogens with zero attached hydrogens (tertiary/aromatic N) is 2. The molecule has 2 aliphatic heterocycles. The van der Waals surface area contributed by atoms with Crippen LogP contribution in [0.15, 0.2) is 34.9 Å². The molecule has 0 N–H and O–H groups in total. The minimum absolute atomic E-state index is 0.0116. The Morgan fingerprint density at radius 2 is 2.19 bits per heavy atom. The van der Waals surface area contributed by atoms with E-state index in [0.29, 0.717) is 37.6 Å². The predicted molar refractivity (Wildman–Crippen MR) is 94.8 cm³/mol. The second kappa shape index (κ2) is 6.85. The van der Waals surface area contributed by atoms with Gasteiger partial charge in [-0.2, -0.15) is 0 Å². The van der Waals surface area contributed by atoms with E-state index in [1.807, 2.05) is 36.9 Å². The Balaban J connectivity index is 1.32. The summed E-state index contributed by atoms with van der Waals surface area (Å²) in [6, 6.07) is 7.69. The van der Waals surface area contributed by atoms with Crippen LogP contribution < -0.4 is 0 Å². The molecule has 1 atom stereocenters. The van der Waals surface area contributed by atoms with Gasteiger partial charge < -0.3 is 18.8 Å². The van der Waals surface area contributed by atoms with Crippen LogP contribution in [0.2, 0.25) is 0 Å². The van der Waals surface area contributed by atoms with Crippen molar-refractivity contribution < 1.29 is 18.7 Å². The molecule has 6 heteroatoms. The Morgan fingerprint density at radius 3 is 2.92 bits per heavy atom. The van der Waals surface area contributed by atoms with Gasteiger partial charge in [0.25, 0.3) is 5.91 Å². The second-order valence-electron chi connectivity index (χ2n) is 7.28. The lowest BCUT2D eigenvalue weighted by atomic mass is 9.84. The minimum atomic E-state index is -0.268. The van der Waals surface area contributed by atoms with Crippen molar-refractivity contribution >= 4 is 5.91 Å². The summed E-state index contributed by atoms with van der Waals surface area (Å²) in [4.78, 5) is 18.8. The summed E-state index contributed by atoms with van der Waals surface area (Å²) in [6.07, 6.45) is 3.38. The molecule has 6 nitrogen and oxygen atoms in total. The molecule has 2 aromatic heterocycles. The molecule has 0 bridgehead atoms. The summed E-state index contributed by atoms with van der Waals surface area (Å²) < 4.78 is 17.3. The van der Waals surface area contributed by atoms with Gasteiger partial charge in [-0.25, -0.2) is 0 Å². The number of hydrogen-bond acceptors (Lipinski definition) is 5. The van der Waals surface area contributed by atoms with Crippen LogP contribution in [0.1, 0.15) is 40.3 Å². The van der Waals surface area contributed by atoms with E-state index in [-0.39, 0.29) is 17.6 Å². The van der Waals surface area contributed by atoms with Crippen molar-refractivity contribution in [3.63, 3.8) is 0 Å². The number of carbonyl (C=O) groups is 1. The van der Waals surface area contributed by atoms with Crippen LogP contribution in [0.5, 0.6) is 0 Å².